The number of benzene rings is 4. The van der Waals surface area contributed by atoms with Gasteiger partial charge in [0.1, 0.15) is 28.9 Å². The monoisotopic (exact) mass is 420 g/mol. The Labute approximate surface area is 178 Å². The number of hydrogen-bond donors (Lipinski definition) is 2. The Balaban J connectivity index is 0.00000240. The number of aromatic hydroxyl groups is 1. The van der Waals surface area contributed by atoms with Crippen LogP contribution in [0.4, 0.5) is 0 Å². The van der Waals surface area contributed by atoms with Gasteiger partial charge in [0.25, 0.3) is 0 Å². The molecule has 0 amide bonds. The summed E-state index contributed by atoms with van der Waals surface area (Å²) >= 11 is 0. The van der Waals surface area contributed by atoms with Gasteiger partial charge < -0.3 is 22.6 Å². The average Bonchev–Trinajstić information content (AvgIpc) is 2.77. The molecule has 0 saturated heterocycles. The van der Waals surface area contributed by atoms with Crippen molar-refractivity contribution in [2.45, 2.75) is 5.85 Å². The van der Waals surface area contributed by atoms with E-state index in [9.17, 15) is 10.2 Å². The molecule has 0 bridgehead atoms. The summed E-state index contributed by atoms with van der Waals surface area (Å²) in [4.78, 5) is 0. The molecule has 2 nitrogen and oxygen atoms in total. The zero-order valence-electron chi connectivity index (χ0n) is 15.8. The molecule has 146 valence electrons. The molecule has 1 unspecified atom stereocenters. The number of phenolic OH excluding ortho intramolecular Hbond substituents is 1. The fraction of sp³-hybridized carbons (Fsp3) is 0.0400. The summed E-state index contributed by atoms with van der Waals surface area (Å²) in [6, 6.07) is 37.6. The van der Waals surface area contributed by atoms with E-state index >= 15 is 0 Å². The van der Waals surface area contributed by atoms with Gasteiger partial charge in [-0.05, 0) is 48.5 Å². The molecule has 0 aliphatic carbocycles. The van der Waals surface area contributed by atoms with E-state index < -0.39 is 13.1 Å². The number of rotatable bonds is 5. The molecule has 0 heterocycles. The van der Waals surface area contributed by atoms with Crippen LogP contribution in [0.25, 0.3) is 0 Å². The minimum absolute atomic E-state index is 0. The zero-order chi connectivity index (χ0) is 19.4. The predicted octanol–water partition coefficient (Wildman–Crippen LogP) is 1.38. The summed E-state index contributed by atoms with van der Waals surface area (Å²) in [5.74, 6) is -0.761. The maximum absolute atomic E-state index is 11.9. The fourth-order valence-electron chi connectivity index (χ4n) is 3.77. The highest BCUT2D eigenvalue weighted by atomic mass is 35.5. The van der Waals surface area contributed by atoms with Crippen molar-refractivity contribution in [2.24, 2.45) is 0 Å². The van der Waals surface area contributed by atoms with E-state index in [2.05, 4.69) is 36.4 Å². The van der Waals surface area contributed by atoms with Crippen LogP contribution in [0, 0.1) is 0 Å². The highest BCUT2D eigenvalue weighted by Crippen LogP contribution is 2.66. The van der Waals surface area contributed by atoms with Crippen molar-refractivity contribution in [3.8, 4) is 5.75 Å². The molecule has 29 heavy (non-hydrogen) atoms. The number of aliphatic hydroxyl groups is 1. The molecule has 0 spiro atoms. The number of para-hydroxylation sites is 1. The van der Waals surface area contributed by atoms with Gasteiger partial charge in [-0.25, -0.2) is 0 Å². The summed E-state index contributed by atoms with van der Waals surface area (Å²) in [6.45, 7) is 0. The Morgan fingerprint density at radius 3 is 1.24 bits per heavy atom. The molecule has 0 aliphatic heterocycles. The van der Waals surface area contributed by atoms with Crippen LogP contribution in [0.5, 0.6) is 5.75 Å². The van der Waals surface area contributed by atoms with Gasteiger partial charge in [0.2, 0.25) is 5.85 Å². The second kappa shape index (κ2) is 9.24. The van der Waals surface area contributed by atoms with E-state index in [4.69, 9.17) is 0 Å². The topological polar surface area (TPSA) is 40.5 Å². The Hall–Kier alpha value is -2.64. The minimum atomic E-state index is -2.50. The first-order chi connectivity index (χ1) is 13.7. The molecule has 0 saturated carbocycles. The standard InChI is InChI=1S/C25H21O2P.ClH/c26-24-19-11-10-18-23(24)25(27)28(20-12-4-1-5-13-20,21-14-6-2-7-15-21)22-16-8-3-9-17-22;/h1-19,25,27H;1H. The highest BCUT2D eigenvalue weighted by molar-refractivity contribution is 7.95. The summed E-state index contributed by atoms with van der Waals surface area (Å²) < 4.78 is 0. The summed E-state index contributed by atoms with van der Waals surface area (Å²) in [7, 11) is -2.50. The van der Waals surface area contributed by atoms with Crippen LogP contribution in [0.1, 0.15) is 11.4 Å². The van der Waals surface area contributed by atoms with E-state index in [1.165, 1.54) is 0 Å². The summed E-state index contributed by atoms with van der Waals surface area (Å²) in [5, 5.41) is 25.6. The first kappa shape index (κ1) is 21.1. The van der Waals surface area contributed by atoms with E-state index in [-0.39, 0.29) is 18.2 Å². The molecular formula is C25H22ClO2P. The van der Waals surface area contributed by atoms with E-state index in [0.29, 0.717) is 5.56 Å². The van der Waals surface area contributed by atoms with Crippen LogP contribution in [-0.2, 0) is 0 Å². The van der Waals surface area contributed by atoms with Crippen molar-refractivity contribution in [3.63, 3.8) is 0 Å². The number of halogens is 1. The van der Waals surface area contributed by atoms with E-state index in [0.717, 1.165) is 15.9 Å². The maximum Gasteiger partial charge on any atom is 0.208 e. The molecule has 0 radical (unpaired) electrons. The lowest BCUT2D eigenvalue weighted by atomic mass is 10.2. The van der Waals surface area contributed by atoms with Gasteiger partial charge in [0, 0.05) is 0 Å². The van der Waals surface area contributed by atoms with Crippen LogP contribution in [0.3, 0.4) is 0 Å². The predicted molar refractivity (Wildman–Crippen MR) is 118 cm³/mol. The average molecular weight is 421 g/mol. The van der Waals surface area contributed by atoms with Gasteiger partial charge in [0.05, 0.1) is 5.56 Å². The number of hydrogen-bond acceptors (Lipinski definition) is 2. The molecule has 0 aromatic heterocycles. The zero-order valence-corrected chi connectivity index (χ0v) is 17.4. The van der Waals surface area contributed by atoms with Gasteiger partial charge in [0.15, 0.2) is 0 Å². The lowest BCUT2D eigenvalue weighted by Gasteiger charge is -2.32. The Kier molecular flexibility index (Phi) is 6.71. The van der Waals surface area contributed by atoms with Gasteiger partial charge >= 0.3 is 0 Å². The van der Waals surface area contributed by atoms with Gasteiger partial charge in [-0.15, -0.1) is 0 Å². The summed E-state index contributed by atoms with van der Waals surface area (Å²) in [6.07, 6.45) is 0. The van der Waals surface area contributed by atoms with Crippen molar-refractivity contribution in [1.29, 1.82) is 0 Å². The molecule has 1 atom stereocenters. The van der Waals surface area contributed by atoms with E-state index in [1.807, 2.05) is 66.7 Å². The highest BCUT2D eigenvalue weighted by Gasteiger charge is 2.53. The van der Waals surface area contributed by atoms with Gasteiger partial charge in [-0.2, -0.15) is 0 Å². The smallest absolute Gasteiger partial charge is 0.208 e. The third kappa shape index (κ3) is 3.80. The fourth-order valence-corrected chi connectivity index (χ4v) is 8.08. The van der Waals surface area contributed by atoms with Crippen LogP contribution in [0.15, 0.2) is 115 Å². The molecular weight excluding hydrogens is 399 g/mol. The number of phenols is 1. The molecule has 2 N–H and O–H groups in total. The molecule has 4 aromatic rings. The third-order valence-corrected chi connectivity index (χ3v) is 9.42. The van der Waals surface area contributed by atoms with Crippen molar-refractivity contribution in [2.75, 3.05) is 0 Å². The SMILES string of the molecule is Oc1ccccc1C(O)[P+](c1ccccc1)(c1ccccc1)c1ccccc1.[Cl-]. The molecule has 0 fully saturated rings. The second-order valence-electron chi connectivity index (χ2n) is 6.66. The Morgan fingerprint density at radius 2 is 0.862 bits per heavy atom. The quantitative estimate of drug-likeness (QED) is 0.479. The van der Waals surface area contributed by atoms with Crippen molar-refractivity contribution < 1.29 is 22.6 Å². The minimum Gasteiger partial charge on any atom is -1.00 e. The first-order valence-corrected chi connectivity index (χ1v) is 11.1. The van der Waals surface area contributed by atoms with Crippen LogP contribution in [0.2, 0.25) is 0 Å². The molecule has 4 heteroatoms. The summed E-state index contributed by atoms with van der Waals surface area (Å²) in [5.41, 5.74) is 0.549. The Bertz CT molecular complexity index is 943. The van der Waals surface area contributed by atoms with Gasteiger partial charge in [-0.3, -0.25) is 0 Å². The van der Waals surface area contributed by atoms with Crippen molar-refractivity contribution in [3.05, 3.63) is 121 Å². The maximum atomic E-state index is 11.9. The van der Waals surface area contributed by atoms with Crippen molar-refractivity contribution >= 4 is 23.2 Å². The molecule has 4 rings (SSSR count). The van der Waals surface area contributed by atoms with Crippen LogP contribution in [-0.4, -0.2) is 10.2 Å². The lowest BCUT2D eigenvalue weighted by molar-refractivity contribution is -0.00000763. The third-order valence-electron chi connectivity index (χ3n) is 5.07. The van der Waals surface area contributed by atoms with Crippen molar-refractivity contribution in [1.82, 2.24) is 0 Å². The molecule has 4 aromatic carbocycles. The molecule has 0 aliphatic rings. The Morgan fingerprint density at radius 1 is 0.517 bits per heavy atom. The van der Waals surface area contributed by atoms with E-state index in [1.54, 1.807) is 12.1 Å². The first-order valence-electron chi connectivity index (χ1n) is 9.26. The lowest BCUT2D eigenvalue weighted by Crippen LogP contribution is -3.00. The second-order valence-corrected chi connectivity index (χ2v) is 10.1. The van der Waals surface area contributed by atoms with Crippen LogP contribution < -0.4 is 28.3 Å². The largest absolute Gasteiger partial charge is 1.00 e. The normalized spacial score (nSPS) is 12.0. The number of aliphatic hydroxyl groups excluding tert-OH is 1. The van der Waals surface area contributed by atoms with Crippen LogP contribution >= 0.6 is 7.26 Å². The van der Waals surface area contributed by atoms with Gasteiger partial charge in [-0.1, -0.05) is 66.7 Å².